The monoisotopic (exact) mass is 335 g/mol. The van der Waals surface area contributed by atoms with Crippen LogP contribution in [0, 0.1) is 5.41 Å². The maximum atomic E-state index is 12.7. The number of ether oxygens (including phenoxy) is 2. The van der Waals surface area contributed by atoms with Crippen LogP contribution >= 0.6 is 11.9 Å². The average Bonchev–Trinajstić information content (AvgIpc) is 2.73. The van der Waals surface area contributed by atoms with Crippen molar-refractivity contribution in [1.82, 2.24) is 4.31 Å². The lowest BCUT2D eigenvalue weighted by molar-refractivity contribution is -0.140. The minimum atomic E-state index is -0.357. The first-order chi connectivity index (χ1) is 11.0. The van der Waals surface area contributed by atoms with Gasteiger partial charge in [-0.1, -0.05) is 13.3 Å². The van der Waals surface area contributed by atoms with Crippen molar-refractivity contribution in [2.24, 2.45) is 5.41 Å². The van der Waals surface area contributed by atoms with Crippen molar-refractivity contribution in [3.05, 3.63) is 23.8 Å². The molecule has 0 radical (unpaired) electrons. The third-order valence-electron chi connectivity index (χ3n) is 4.42. The van der Waals surface area contributed by atoms with Gasteiger partial charge in [-0.3, -0.25) is 9.10 Å². The number of nitrogens with zero attached hydrogens (tertiary/aromatic N) is 1. The van der Waals surface area contributed by atoms with E-state index in [1.807, 2.05) is 6.92 Å². The molecule has 0 bridgehead atoms. The highest BCUT2D eigenvalue weighted by atomic mass is 32.2. The number of carbonyl (C=O) groups is 2. The molecule has 0 saturated heterocycles. The second-order valence-corrected chi connectivity index (χ2v) is 7.21. The topological polar surface area (TPSA) is 55.8 Å². The first-order valence-electron chi connectivity index (χ1n) is 7.97. The largest absolute Gasteiger partial charge is 0.490 e. The standard InChI is InChI=1S/C17H21NO4S/c1-3-21-15(19)12-5-6-13-14(11-12)23-18(9-10-22-13)16(20)17(2)7-4-8-17/h5-6,11H,3-4,7-10H2,1-2H3. The smallest absolute Gasteiger partial charge is 0.338 e. The van der Waals surface area contributed by atoms with Crippen LogP contribution in [-0.4, -0.2) is 35.9 Å². The van der Waals surface area contributed by atoms with E-state index in [-0.39, 0.29) is 17.3 Å². The van der Waals surface area contributed by atoms with E-state index in [0.717, 1.165) is 24.2 Å². The lowest BCUT2D eigenvalue weighted by Gasteiger charge is -2.39. The molecule has 0 N–H and O–H groups in total. The van der Waals surface area contributed by atoms with Crippen LogP contribution in [0.25, 0.3) is 0 Å². The zero-order chi connectivity index (χ0) is 16.4. The van der Waals surface area contributed by atoms with Crippen LogP contribution in [0.2, 0.25) is 0 Å². The van der Waals surface area contributed by atoms with Gasteiger partial charge in [-0.15, -0.1) is 0 Å². The Bertz CT molecular complexity index is 627. The molecule has 5 nitrogen and oxygen atoms in total. The van der Waals surface area contributed by atoms with Crippen LogP contribution in [0.5, 0.6) is 5.75 Å². The molecule has 1 fully saturated rings. The Morgan fingerprint density at radius 2 is 2.17 bits per heavy atom. The van der Waals surface area contributed by atoms with Gasteiger partial charge in [0.2, 0.25) is 5.91 Å². The van der Waals surface area contributed by atoms with Gasteiger partial charge in [0.25, 0.3) is 0 Å². The number of hydrogen-bond donors (Lipinski definition) is 0. The molecule has 1 amide bonds. The Hall–Kier alpha value is -1.69. The fourth-order valence-corrected chi connectivity index (χ4v) is 3.91. The summed E-state index contributed by atoms with van der Waals surface area (Å²) in [7, 11) is 0. The SMILES string of the molecule is CCOC(=O)c1ccc2c(c1)SN(C(=O)C1(C)CCC1)CCO2. The third kappa shape index (κ3) is 3.17. The van der Waals surface area contributed by atoms with E-state index in [4.69, 9.17) is 9.47 Å². The minimum absolute atomic E-state index is 0.159. The molecule has 0 spiro atoms. The summed E-state index contributed by atoms with van der Waals surface area (Å²) < 4.78 is 12.5. The van der Waals surface area contributed by atoms with E-state index in [9.17, 15) is 9.59 Å². The van der Waals surface area contributed by atoms with Crippen LogP contribution < -0.4 is 4.74 Å². The van der Waals surface area contributed by atoms with Gasteiger partial charge < -0.3 is 9.47 Å². The first kappa shape index (κ1) is 16.2. The van der Waals surface area contributed by atoms with Gasteiger partial charge >= 0.3 is 5.97 Å². The molecule has 1 saturated carbocycles. The van der Waals surface area contributed by atoms with Crippen molar-refractivity contribution in [2.75, 3.05) is 19.8 Å². The highest BCUT2D eigenvalue weighted by molar-refractivity contribution is 7.97. The van der Waals surface area contributed by atoms with E-state index in [2.05, 4.69) is 0 Å². The Labute approximate surface area is 140 Å². The van der Waals surface area contributed by atoms with Crippen LogP contribution in [0.4, 0.5) is 0 Å². The number of benzene rings is 1. The minimum Gasteiger partial charge on any atom is -0.490 e. The summed E-state index contributed by atoms with van der Waals surface area (Å²) in [5, 5.41) is 0. The van der Waals surface area contributed by atoms with Crippen molar-refractivity contribution in [2.45, 2.75) is 38.0 Å². The van der Waals surface area contributed by atoms with E-state index in [0.29, 0.717) is 31.1 Å². The van der Waals surface area contributed by atoms with Crippen LogP contribution in [0.15, 0.2) is 23.1 Å². The van der Waals surface area contributed by atoms with Crippen molar-refractivity contribution < 1.29 is 19.1 Å². The molecular formula is C17H21NO4S. The van der Waals surface area contributed by atoms with E-state index in [1.54, 1.807) is 29.4 Å². The zero-order valence-corrected chi connectivity index (χ0v) is 14.3. The predicted octanol–water partition coefficient (Wildman–Crippen LogP) is 3.28. The van der Waals surface area contributed by atoms with Crippen LogP contribution in [-0.2, 0) is 9.53 Å². The number of amides is 1. The maximum Gasteiger partial charge on any atom is 0.338 e. The van der Waals surface area contributed by atoms with Gasteiger partial charge in [0, 0.05) is 5.41 Å². The molecule has 23 heavy (non-hydrogen) atoms. The number of carbonyl (C=O) groups excluding carboxylic acids is 2. The molecule has 1 aromatic rings. The molecule has 0 unspecified atom stereocenters. The van der Waals surface area contributed by atoms with Gasteiger partial charge in [0.1, 0.15) is 12.4 Å². The second kappa shape index (κ2) is 6.43. The molecule has 1 aromatic carbocycles. The predicted molar refractivity (Wildman–Crippen MR) is 87.4 cm³/mol. The van der Waals surface area contributed by atoms with Gasteiger partial charge in [0.15, 0.2) is 0 Å². The van der Waals surface area contributed by atoms with Crippen molar-refractivity contribution in [3.8, 4) is 5.75 Å². The van der Waals surface area contributed by atoms with Crippen molar-refractivity contribution in [1.29, 1.82) is 0 Å². The molecule has 1 aliphatic heterocycles. The molecule has 3 rings (SSSR count). The molecular weight excluding hydrogens is 314 g/mol. The Morgan fingerprint density at radius 1 is 1.39 bits per heavy atom. The molecule has 1 aliphatic carbocycles. The Balaban J connectivity index is 1.82. The second-order valence-electron chi connectivity index (χ2n) is 6.14. The Kier molecular flexibility index (Phi) is 4.53. The normalized spacial score (nSPS) is 19.0. The summed E-state index contributed by atoms with van der Waals surface area (Å²) in [4.78, 5) is 25.4. The van der Waals surface area contributed by atoms with E-state index in [1.165, 1.54) is 11.9 Å². The summed E-state index contributed by atoms with van der Waals surface area (Å²) >= 11 is 1.36. The number of fused-ring (bicyclic) bond motifs is 1. The molecule has 124 valence electrons. The number of hydrogen-bond acceptors (Lipinski definition) is 5. The number of rotatable bonds is 3. The lowest BCUT2D eigenvalue weighted by atomic mass is 9.70. The summed E-state index contributed by atoms with van der Waals surface area (Å²) in [5.74, 6) is 0.507. The summed E-state index contributed by atoms with van der Waals surface area (Å²) in [6.45, 7) is 5.14. The average molecular weight is 335 g/mol. The summed E-state index contributed by atoms with van der Waals surface area (Å²) in [6.07, 6.45) is 3.00. The molecule has 1 heterocycles. The highest BCUT2D eigenvalue weighted by Crippen LogP contribution is 2.45. The fraction of sp³-hybridized carbons (Fsp3) is 0.529. The van der Waals surface area contributed by atoms with Crippen molar-refractivity contribution >= 4 is 23.8 Å². The van der Waals surface area contributed by atoms with Crippen LogP contribution in [0.3, 0.4) is 0 Å². The maximum absolute atomic E-state index is 12.7. The van der Waals surface area contributed by atoms with Gasteiger partial charge in [-0.25, -0.2) is 4.79 Å². The van der Waals surface area contributed by atoms with Gasteiger partial charge in [-0.2, -0.15) is 0 Å². The Morgan fingerprint density at radius 3 is 2.83 bits per heavy atom. The fourth-order valence-electron chi connectivity index (χ4n) is 2.81. The summed E-state index contributed by atoms with van der Waals surface area (Å²) in [5.41, 5.74) is 0.238. The molecule has 2 aliphatic rings. The van der Waals surface area contributed by atoms with Gasteiger partial charge in [0.05, 0.1) is 23.6 Å². The lowest BCUT2D eigenvalue weighted by Crippen LogP contribution is -2.44. The molecule has 6 heteroatoms. The third-order valence-corrected chi connectivity index (χ3v) is 5.50. The van der Waals surface area contributed by atoms with Crippen molar-refractivity contribution in [3.63, 3.8) is 0 Å². The highest BCUT2D eigenvalue weighted by Gasteiger charge is 2.42. The molecule has 0 atom stereocenters. The zero-order valence-electron chi connectivity index (χ0n) is 13.5. The number of esters is 1. The van der Waals surface area contributed by atoms with Crippen LogP contribution in [0.1, 0.15) is 43.5 Å². The molecule has 0 aromatic heterocycles. The first-order valence-corrected chi connectivity index (χ1v) is 8.75. The summed E-state index contributed by atoms with van der Waals surface area (Å²) in [6, 6.07) is 5.21. The quantitative estimate of drug-likeness (QED) is 0.627. The van der Waals surface area contributed by atoms with Gasteiger partial charge in [-0.05, 0) is 49.9 Å². The van der Waals surface area contributed by atoms with E-state index < -0.39 is 0 Å². The van der Waals surface area contributed by atoms with E-state index >= 15 is 0 Å².